The van der Waals surface area contributed by atoms with Gasteiger partial charge in [0, 0.05) is 31.9 Å². The van der Waals surface area contributed by atoms with Crippen molar-refractivity contribution < 1.29 is 0 Å². The molecule has 0 aromatic carbocycles. The first kappa shape index (κ1) is 10.4. The Kier molecular flexibility index (Phi) is 2.91. The number of aromatic nitrogens is 2. The van der Waals surface area contributed by atoms with Gasteiger partial charge in [0.25, 0.3) is 0 Å². The fraction of sp³-hybridized carbons (Fsp3) is 0.583. The molecule has 82 valence electrons. The van der Waals surface area contributed by atoms with E-state index in [1.165, 1.54) is 30.5 Å². The van der Waals surface area contributed by atoms with Crippen LogP contribution in [0.15, 0.2) is 18.3 Å². The van der Waals surface area contributed by atoms with E-state index in [0.717, 1.165) is 18.8 Å². The van der Waals surface area contributed by atoms with Gasteiger partial charge in [0.2, 0.25) is 0 Å². The molecule has 0 N–H and O–H groups in total. The summed E-state index contributed by atoms with van der Waals surface area (Å²) in [5, 5.41) is 4.36. The predicted octanol–water partition coefficient (Wildman–Crippen LogP) is 1.88. The third-order valence-corrected chi connectivity index (χ3v) is 2.96. The summed E-state index contributed by atoms with van der Waals surface area (Å²) in [4.78, 5) is 2.45. The number of likely N-dealkylation sites (tertiary alicyclic amines) is 1. The molecular formula is C12H19N3. The first-order valence-electron chi connectivity index (χ1n) is 5.53. The molecule has 0 amide bonds. The number of nitrogens with zero attached hydrogens (tertiary/aromatic N) is 3. The van der Waals surface area contributed by atoms with Gasteiger partial charge in [-0.2, -0.15) is 5.10 Å². The van der Waals surface area contributed by atoms with Gasteiger partial charge in [0.05, 0.1) is 5.69 Å². The number of aryl methyl sites for hydroxylation is 2. The molecule has 15 heavy (non-hydrogen) atoms. The largest absolute Gasteiger partial charge is 0.295 e. The Morgan fingerprint density at radius 1 is 1.53 bits per heavy atom. The molecule has 0 spiro atoms. The van der Waals surface area contributed by atoms with Crippen molar-refractivity contribution >= 4 is 0 Å². The highest BCUT2D eigenvalue weighted by atomic mass is 15.3. The highest BCUT2D eigenvalue weighted by Gasteiger charge is 2.14. The summed E-state index contributed by atoms with van der Waals surface area (Å²) in [6.45, 7) is 9.40. The summed E-state index contributed by atoms with van der Waals surface area (Å²) < 4.78 is 1.89. The minimum absolute atomic E-state index is 1.01. The monoisotopic (exact) mass is 205 g/mol. The van der Waals surface area contributed by atoms with Crippen LogP contribution in [0.1, 0.15) is 24.1 Å². The lowest BCUT2D eigenvalue weighted by molar-refractivity contribution is 0.258. The average Bonchev–Trinajstić information content (AvgIpc) is 2.45. The SMILES string of the molecule is C=C1CCCN(Cc2cn(C)nc2C)C1. The maximum atomic E-state index is 4.36. The van der Waals surface area contributed by atoms with Crippen molar-refractivity contribution in [2.75, 3.05) is 13.1 Å². The second-order valence-corrected chi connectivity index (χ2v) is 4.48. The van der Waals surface area contributed by atoms with Gasteiger partial charge in [-0.05, 0) is 26.3 Å². The van der Waals surface area contributed by atoms with E-state index in [1.807, 2.05) is 11.7 Å². The summed E-state index contributed by atoms with van der Waals surface area (Å²) in [6.07, 6.45) is 4.56. The van der Waals surface area contributed by atoms with Crippen molar-refractivity contribution in [1.82, 2.24) is 14.7 Å². The molecule has 0 radical (unpaired) electrons. The second-order valence-electron chi connectivity index (χ2n) is 4.48. The van der Waals surface area contributed by atoms with Crippen LogP contribution in [-0.2, 0) is 13.6 Å². The molecule has 0 atom stereocenters. The molecule has 0 saturated carbocycles. The number of hydrogen-bond acceptors (Lipinski definition) is 2. The fourth-order valence-corrected chi connectivity index (χ4v) is 2.21. The number of hydrogen-bond donors (Lipinski definition) is 0. The third kappa shape index (κ3) is 2.48. The van der Waals surface area contributed by atoms with E-state index >= 15 is 0 Å². The lowest BCUT2D eigenvalue weighted by Gasteiger charge is -2.27. The van der Waals surface area contributed by atoms with E-state index in [4.69, 9.17) is 0 Å². The predicted molar refractivity (Wildman–Crippen MR) is 61.6 cm³/mol. The zero-order valence-electron chi connectivity index (χ0n) is 9.66. The van der Waals surface area contributed by atoms with E-state index in [-0.39, 0.29) is 0 Å². The molecule has 2 rings (SSSR count). The highest BCUT2D eigenvalue weighted by molar-refractivity contribution is 5.16. The Morgan fingerprint density at radius 3 is 2.93 bits per heavy atom. The quantitative estimate of drug-likeness (QED) is 0.687. The Morgan fingerprint density at radius 2 is 2.33 bits per heavy atom. The van der Waals surface area contributed by atoms with Crippen molar-refractivity contribution in [3.63, 3.8) is 0 Å². The Labute approximate surface area is 91.4 Å². The van der Waals surface area contributed by atoms with E-state index in [2.05, 4.69) is 29.7 Å². The first-order valence-corrected chi connectivity index (χ1v) is 5.53. The molecule has 1 fully saturated rings. The first-order chi connectivity index (χ1) is 7.15. The van der Waals surface area contributed by atoms with E-state index in [9.17, 15) is 0 Å². The van der Waals surface area contributed by atoms with Crippen LogP contribution in [0.25, 0.3) is 0 Å². The summed E-state index contributed by atoms with van der Waals surface area (Å²) in [5.41, 5.74) is 3.85. The Hall–Kier alpha value is -1.09. The number of piperidine rings is 1. The summed E-state index contributed by atoms with van der Waals surface area (Å²) in [6, 6.07) is 0. The topological polar surface area (TPSA) is 21.1 Å². The van der Waals surface area contributed by atoms with Crippen LogP contribution >= 0.6 is 0 Å². The summed E-state index contributed by atoms with van der Waals surface area (Å²) >= 11 is 0. The fourth-order valence-electron chi connectivity index (χ4n) is 2.21. The molecule has 0 aliphatic carbocycles. The molecule has 0 bridgehead atoms. The van der Waals surface area contributed by atoms with Crippen molar-refractivity contribution in [2.24, 2.45) is 7.05 Å². The normalized spacial score (nSPS) is 18.4. The van der Waals surface area contributed by atoms with E-state index in [1.54, 1.807) is 0 Å². The molecular weight excluding hydrogens is 186 g/mol. The second kappa shape index (κ2) is 4.19. The smallest absolute Gasteiger partial charge is 0.0638 e. The van der Waals surface area contributed by atoms with E-state index < -0.39 is 0 Å². The van der Waals surface area contributed by atoms with Gasteiger partial charge in [-0.1, -0.05) is 12.2 Å². The molecule has 3 nitrogen and oxygen atoms in total. The summed E-state index contributed by atoms with van der Waals surface area (Å²) in [5.74, 6) is 0. The zero-order valence-corrected chi connectivity index (χ0v) is 9.66. The highest BCUT2D eigenvalue weighted by Crippen LogP contribution is 2.17. The van der Waals surface area contributed by atoms with Crippen molar-refractivity contribution in [3.8, 4) is 0 Å². The molecule has 1 aromatic rings. The average molecular weight is 205 g/mol. The maximum Gasteiger partial charge on any atom is 0.0638 e. The molecule has 3 heteroatoms. The lowest BCUT2D eigenvalue weighted by atomic mass is 10.1. The zero-order chi connectivity index (χ0) is 10.8. The standard InChI is InChI=1S/C12H19N3/c1-10-5-4-6-15(7-10)9-12-8-14(3)13-11(12)2/h8H,1,4-7,9H2,2-3H3. The molecule has 1 aliphatic heterocycles. The van der Waals surface area contributed by atoms with Crippen LogP contribution < -0.4 is 0 Å². The minimum Gasteiger partial charge on any atom is -0.295 e. The van der Waals surface area contributed by atoms with Crippen LogP contribution in [-0.4, -0.2) is 27.8 Å². The van der Waals surface area contributed by atoms with Crippen LogP contribution in [0.3, 0.4) is 0 Å². The van der Waals surface area contributed by atoms with Gasteiger partial charge in [-0.3, -0.25) is 9.58 Å². The lowest BCUT2D eigenvalue weighted by Crippen LogP contribution is -2.30. The van der Waals surface area contributed by atoms with Crippen LogP contribution in [0.5, 0.6) is 0 Å². The van der Waals surface area contributed by atoms with Gasteiger partial charge in [0.1, 0.15) is 0 Å². The van der Waals surface area contributed by atoms with Gasteiger partial charge in [0.15, 0.2) is 0 Å². The molecule has 1 aliphatic rings. The Bertz CT molecular complexity index is 365. The minimum atomic E-state index is 1.01. The van der Waals surface area contributed by atoms with Gasteiger partial charge in [-0.15, -0.1) is 0 Å². The van der Waals surface area contributed by atoms with Crippen LogP contribution in [0.2, 0.25) is 0 Å². The van der Waals surface area contributed by atoms with Gasteiger partial charge in [-0.25, -0.2) is 0 Å². The molecule has 1 saturated heterocycles. The Balaban J connectivity index is 2.01. The molecule has 2 heterocycles. The van der Waals surface area contributed by atoms with Crippen LogP contribution in [0.4, 0.5) is 0 Å². The maximum absolute atomic E-state index is 4.36. The van der Waals surface area contributed by atoms with Crippen LogP contribution in [0, 0.1) is 6.92 Å². The molecule has 1 aromatic heterocycles. The van der Waals surface area contributed by atoms with E-state index in [0.29, 0.717) is 0 Å². The van der Waals surface area contributed by atoms with Crippen molar-refractivity contribution in [2.45, 2.75) is 26.3 Å². The summed E-state index contributed by atoms with van der Waals surface area (Å²) in [7, 11) is 1.98. The number of rotatable bonds is 2. The molecule has 0 unspecified atom stereocenters. The van der Waals surface area contributed by atoms with Crippen molar-refractivity contribution in [3.05, 3.63) is 29.6 Å². The van der Waals surface area contributed by atoms with Crippen molar-refractivity contribution in [1.29, 1.82) is 0 Å². The van der Waals surface area contributed by atoms with Gasteiger partial charge >= 0.3 is 0 Å². The van der Waals surface area contributed by atoms with Gasteiger partial charge < -0.3 is 0 Å². The third-order valence-electron chi connectivity index (χ3n) is 2.96.